The number of carbonyl (C=O) groups excluding carboxylic acids is 1. The number of rotatable bonds is 5. The van der Waals surface area contributed by atoms with Gasteiger partial charge in [0.2, 0.25) is 0 Å². The normalized spacial score (nSPS) is 39.5. The van der Waals surface area contributed by atoms with E-state index >= 15 is 0 Å². The first kappa shape index (κ1) is 17.0. The van der Waals surface area contributed by atoms with E-state index in [2.05, 4.69) is 8.92 Å². The molecule has 0 amide bonds. The standard InChI is InChI=1S/C14H20F2O6S/c1-21-23(19,20)14(15,16)11(17)22-8-12-3-9-2-10(4-12)6-13(18,5-9)7-12/h9-10,18H,2-8H2,1H3. The second-order valence-electron chi connectivity index (χ2n) is 7.40. The first-order chi connectivity index (χ1) is 10.5. The van der Waals surface area contributed by atoms with Crippen LogP contribution in [0.2, 0.25) is 0 Å². The molecule has 0 radical (unpaired) electrons. The quantitative estimate of drug-likeness (QED) is 0.593. The van der Waals surface area contributed by atoms with Crippen LogP contribution in [0.3, 0.4) is 0 Å². The molecule has 4 rings (SSSR count). The molecule has 0 aromatic heterocycles. The van der Waals surface area contributed by atoms with Crippen LogP contribution in [0.25, 0.3) is 0 Å². The summed E-state index contributed by atoms with van der Waals surface area (Å²) in [6, 6.07) is 0. The summed E-state index contributed by atoms with van der Waals surface area (Å²) < 4.78 is 57.8. The summed E-state index contributed by atoms with van der Waals surface area (Å²) in [5, 5.41) is 5.82. The van der Waals surface area contributed by atoms with Crippen LogP contribution in [0.5, 0.6) is 0 Å². The molecule has 2 unspecified atom stereocenters. The van der Waals surface area contributed by atoms with Crippen molar-refractivity contribution < 1.29 is 36.0 Å². The third-order valence-corrected chi connectivity index (χ3v) is 6.67. The minimum absolute atomic E-state index is 0.296. The van der Waals surface area contributed by atoms with Crippen LogP contribution in [0.1, 0.15) is 38.5 Å². The second-order valence-corrected chi connectivity index (χ2v) is 9.15. The number of halogens is 2. The average molecular weight is 354 g/mol. The maximum Gasteiger partial charge on any atom is 0.466 e. The first-order valence-electron chi connectivity index (χ1n) is 7.59. The van der Waals surface area contributed by atoms with Crippen molar-refractivity contribution in [3.63, 3.8) is 0 Å². The van der Waals surface area contributed by atoms with Gasteiger partial charge in [0.05, 0.1) is 19.3 Å². The van der Waals surface area contributed by atoms with Crippen LogP contribution in [0, 0.1) is 17.3 Å². The van der Waals surface area contributed by atoms with Gasteiger partial charge < -0.3 is 9.84 Å². The average Bonchev–Trinajstić information content (AvgIpc) is 2.41. The minimum atomic E-state index is -5.34. The highest BCUT2D eigenvalue weighted by Crippen LogP contribution is 2.61. The summed E-state index contributed by atoms with van der Waals surface area (Å²) in [6.45, 7) is -0.296. The van der Waals surface area contributed by atoms with Crippen LogP contribution >= 0.6 is 0 Å². The predicted octanol–water partition coefficient (Wildman–Crippen LogP) is 1.43. The van der Waals surface area contributed by atoms with Gasteiger partial charge in [-0.2, -0.15) is 17.2 Å². The lowest BCUT2D eigenvalue weighted by Crippen LogP contribution is -2.57. The second kappa shape index (κ2) is 5.10. The SMILES string of the molecule is COS(=O)(=O)C(F)(F)C(=O)OCC12CC3CC(CC(O)(C3)C1)C2. The number of carbonyl (C=O) groups is 1. The minimum Gasteiger partial charge on any atom is -0.460 e. The van der Waals surface area contributed by atoms with Crippen LogP contribution in [0.15, 0.2) is 0 Å². The molecule has 4 fully saturated rings. The maximum atomic E-state index is 13.6. The van der Waals surface area contributed by atoms with Gasteiger partial charge in [-0.15, -0.1) is 0 Å². The van der Waals surface area contributed by atoms with Crippen molar-refractivity contribution in [2.45, 2.75) is 49.4 Å². The third kappa shape index (κ3) is 2.76. The zero-order valence-corrected chi connectivity index (χ0v) is 13.6. The van der Waals surface area contributed by atoms with E-state index in [1.807, 2.05) is 0 Å². The molecule has 9 heteroatoms. The topological polar surface area (TPSA) is 89.9 Å². The Kier molecular flexibility index (Phi) is 3.77. The van der Waals surface area contributed by atoms with Gasteiger partial charge in [-0.25, -0.2) is 4.79 Å². The van der Waals surface area contributed by atoms with Gasteiger partial charge in [-0.3, -0.25) is 4.18 Å². The molecular formula is C14H20F2O6S. The Morgan fingerprint density at radius 3 is 2.30 bits per heavy atom. The summed E-state index contributed by atoms with van der Waals surface area (Å²) in [5.74, 6) is -1.51. The molecule has 4 bridgehead atoms. The van der Waals surface area contributed by atoms with Gasteiger partial charge in [0.15, 0.2) is 0 Å². The lowest BCUT2D eigenvalue weighted by Gasteiger charge is -2.59. The Labute approximate surface area is 133 Å². The third-order valence-electron chi connectivity index (χ3n) is 5.43. The first-order valence-corrected chi connectivity index (χ1v) is 8.99. The van der Waals surface area contributed by atoms with Crippen molar-refractivity contribution in [3.8, 4) is 0 Å². The maximum absolute atomic E-state index is 13.6. The van der Waals surface area contributed by atoms with Crippen LogP contribution in [-0.2, 0) is 23.8 Å². The number of hydrogen-bond donors (Lipinski definition) is 1. The highest BCUT2D eigenvalue weighted by Gasteiger charge is 2.59. The predicted molar refractivity (Wildman–Crippen MR) is 73.9 cm³/mol. The number of aliphatic hydroxyl groups is 1. The van der Waals surface area contributed by atoms with Crippen molar-refractivity contribution in [1.29, 1.82) is 0 Å². The summed E-state index contributed by atoms with van der Waals surface area (Å²) in [7, 11) is -4.78. The van der Waals surface area contributed by atoms with Crippen molar-refractivity contribution >= 4 is 16.1 Å². The van der Waals surface area contributed by atoms with Crippen molar-refractivity contribution in [2.24, 2.45) is 17.3 Å². The van der Waals surface area contributed by atoms with E-state index in [-0.39, 0.29) is 6.61 Å². The van der Waals surface area contributed by atoms with Gasteiger partial charge in [-0.05, 0) is 50.4 Å². The van der Waals surface area contributed by atoms with E-state index in [9.17, 15) is 27.1 Å². The number of alkyl halides is 2. The van der Waals surface area contributed by atoms with E-state index in [4.69, 9.17) is 0 Å². The monoisotopic (exact) mass is 354 g/mol. The molecular weight excluding hydrogens is 334 g/mol. The number of hydrogen-bond acceptors (Lipinski definition) is 6. The fourth-order valence-corrected chi connectivity index (χ4v) is 5.55. The van der Waals surface area contributed by atoms with E-state index in [1.54, 1.807) is 0 Å². The van der Waals surface area contributed by atoms with Crippen molar-refractivity contribution in [2.75, 3.05) is 13.7 Å². The lowest BCUT2D eigenvalue weighted by atomic mass is 9.48. The smallest absolute Gasteiger partial charge is 0.460 e. The van der Waals surface area contributed by atoms with Gasteiger partial charge in [0.25, 0.3) is 0 Å². The van der Waals surface area contributed by atoms with Gasteiger partial charge in [0, 0.05) is 5.41 Å². The van der Waals surface area contributed by atoms with Crippen LogP contribution in [0.4, 0.5) is 8.78 Å². The van der Waals surface area contributed by atoms with Crippen molar-refractivity contribution in [3.05, 3.63) is 0 Å². The number of esters is 1. The Balaban J connectivity index is 1.70. The van der Waals surface area contributed by atoms with E-state index in [1.165, 1.54) is 0 Å². The van der Waals surface area contributed by atoms with Gasteiger partial charge in [0.1, 0.15) is 0 Å². The largest absolute Gasteiger partial charge is 0.466 e. The van der Waals surface area contributed by atoms with E-state index in [0.717, 1.165) is 6.42 Å². The molecule has 23 heavy (non-hydrogen) atoms. The van der Waals surface area contributed by atoms with E-state index < -0.39 is 32.4 Å². The zero-order chi connectivity index (χ0) is 17.1. The summed E-state index contributed by atoms with van der Waals surface area (Å²) >= 11 is 0. The molecule has 4 aliphatic carbocycles. The molecule has 0 saturated heterocycles. The molecule has 0 spiro atoms. The number of ether oxygens (including phenoxy) is 1. The highest BCUT2D eigenvalue weighted by atomic mass is 32.2. The molecule has 4 aliphatic rings. The molecule has 4 saturated carbocycles. The summed E-state index contributed by atoms with van der Waals surface area (Å²) in [5.41, 5.74) is -1.33. The Morgan fingerprint density at radius 1 is 1.26 bits per heavy atom. The molecule has 2 atom stereocenters. The molecule has 0 aromatic carbocycles. The van der Waals surface area contributed by atoms with Crippen molar-refractivity contribution in [1.82, 2.24) is 0 Å². The summed E-state index contributed by atoms with van der Waals surface area (Å²) in [6.07, 6.45) is 4.24. The molecule has 0 heterocycles. The highest BCUT2D eigenvalue weighted by molar-refractivity contribution is 7.88. The fourth-order valence-electron chi connectivity index (χ4n) is 5.08. The summed E-state index contributed by atoms with van der Waals surface area (Å²) in [4.78, 5) is 11.5. The Hall–Kier alpha value is -0.800. The molecule has 132 valence electrons. The van der Waals surface area contributed by atoms with Crippen LogP contribution < -0.4 is 0 Å². The fraction of sp³-hybridized carbons (Fsp3) is 0.929. The van der Waals surface area contributed by atoms with Crippen LogP contribution in [-0.4, -0.2) is 44.1 Å². The van der Waals surface area contributed by atoms with E-state index in [0.29, 0.717) is 51.0 Å². The van der Waals surface area contributed by atoms with Gasteiger partial charge in [-0.1, -0.05) is 0 Å². The van der Waals surface area contributed by atoms with Gasteiger partial charge >= 0.3 is 21.3 Å². The Bertz CT molecular complexity index is 603. The zero-order valence-electron chi connectivity index (χ0n) is 12.8. The molecule has 6 nitrogen and oxygen atoms in total. The molecule has 0 aromatic rings. The molecule has 1 N–H and O–H groups in total. The lowest BCUT2D eigenvalue weighted by molar-refractivity contribution is -0.193. The Morgan fingerprint density at radius 2 is 1.83 bits per heavy atom. The molecule has 0 aliphatic heterocycles.